The zero-order valence-corrected chi connectivity index (χ0v) is 11.1. The standard InChI is InChI=1S/C15H19NO2/c1-15(2,3)14(17)18-9-8-11-10-16-13-7-5-4-6-12(11)13/h4-7,10,16H,8-9H2,1-3H3. The molecule has 1 aromatic heterocycles. The van der Waals surface area contributed by atoms with Crippen LogP contribution in [-0.2, 0) is 16.0 Å². The molecule has 0 aliphatic rings. The summed E-state index contributed by atoms with van der Waals surface area (Å²) in [6.07, 6.45) is 2.72. The number of ether oxygens (including phenoxy) is 1. The van der Waals surface area contributed by atoms with Crippen LogP contribution in [0.25, 0.3) is 10.9 Å². The van der Waals surface area contributed by atoms with Gasteiger partial charge in [-0.15, -0.1) is 0 Å². The summed E-state index contributed by atoms with van der Waals surface area (Å²) in [6.45, 7) is 6.01. The molecule has 0 bridgehead atoms. The molecule has 0 amide bonds. The molecule has 0 radical (unpaired) electrons. The number of hydrogen-bond acceptors (Lipinski definition) is 2. The smallest absolute Gasteiger partial charge is 0.311 e. The number of aromatic nitrogens is 1. The molecule has 3 heteroatoms. The van der Waals surface area contributed by atoms with E-state index in [9.17, 15) is 4.79 Å². The fourth-order valence-corrected chi connectivity index (χ4v) is 1.81. The topological polar surface area (TPSA) is 42.1 Å². The Labute approximate surface area is 107 Å². The number of nitrogens with one attached hydrogen (secondary N) is 1. The molecule has 2 aromatic rings. The van der Waals surface area contributed by atoms with Crippen LogP contribution in [0.3, 0.4) is 0 Å². The van der Waals surface area contributed by atoms with Gasteiger partial charge in [0.05, 0.1) is 12.0 Å². The lowest BCUT2D eigenvalue weighted by atomic mass is 9.97. The predicted octanol–water partition coefficient (Wildman–Crippen LogP) is 3.30. The first-order chi connectivity index (χ1) is 8.48. The normalized spacial score (nSPS) is 11.7. The molecule has 0 saturated carbocycles. The van der Waals surface area contributed by atoms with Crippen LogP contribution in [0.2, 0.25) is 0 Å². The lowest BCUT2D eigenvalue weighted by Gasteiger charge is -2.16. The first-order valence-corrected chi connectivity index (χ1v) is 6.21. The first kappa shape index (κ1) is 12.7. The van der Waals surface area contributed by atoms with E-state index < -0.39 is 5.41 Å². The van der Waals surface area contributed by atoms with Crippen molar-refractivity contribution in [2.75, 3.05) is 6.61 Å². The zero-order chi connectivity index (χ0) is 13.2. The average molecular weight is 245 g/mol. The van der Waals surface area contributed by atoms with Crippen LogP contribution in [0.15, 0.2) is 30.5 Å². The number of H-pyrrole nitrogens is 1. The molecular weight excluding hydrogens is 226 g/mol. The molecule has 2 rings (SSSR count). The minimum atomic E-state index is -0.430. The van der Waals surface area contributed by atoms with Crippen LogP contribution in [-0.4, -0.2) is 17.6 Å². The van der Waals surface area contributed by atoms with Crippen molar-refractivity contribution in [2.24, 2.45) is 5.41 Å². The second-order valence-corrected chi connectivity index (χ2v) is 5.50. The number of esters is 1. The van der Waals surface area contributed by atoms with Gasteiger partial charge in [0.25, 0.3) is 0 Å². The van der Waals surface area contributed by atoms with Crippen molar-refractivity contribution in [3.05, 3.63) is 36.0 Å². The van der Waals surface area contributed by atoms with Crippen molar-refractivity contribution in [3.63, 3.8) is 0 Å². The van der Waals surface area contributed by atoms with E-state index in [-0.39, 0.29) is 5.97 Å². The molecule has 1 aromatic carbocycles. The van der Waals surface area contributed by atoms with Crippen LogP contribution in [0, 0.1) is 5.41 Å². The van der Waals surface area contributed by atoms with Gasteiger partial charge in [-0.2, -0.15) is 0 Å². The van der Waals surface area contributed by atoms with Crippen molar-refractivity contribution in [1.82, 2.24) is 4.98 Å². The van der Waals surface area contributed by atoms with Crippen molar-refractivity contribution in [1.29, 1.82) is 0 Å². The summed E-state index contributed by atoms with van der Waals surface area (Å²) < 4.78 is 5.28. The van der Waals surface area contributed by atoms with Crippen LogP contribution < -0.4 is 0 Å². The number of hydrogen-bond donors (Lipinski definition) is 1. The molecule has 3 nitrogen and oxygen atoms in total. The highest BCUT2D eigenvalue weighted by Crippen LogP contribution is 2.19. The Morgan fingerprint density at radius 1 is 1.28 bits per heavy atom. The summed E-state index contributed by atoms with van der Waals surface area (Å²) in [6, 6.07) is 8.13. The monoisotopic (exact) mass is 245 g/mol. The van der Waals surface area contributed by atoms with Crippen molar-refractivity contribution in [3.8, 4) is 0 Å². The van der Waals surface area contributed by atoms with Gasteiger partial charge in [0, 0.05) is 23.5 Å². The average Bonchev–Trinajstić information content (AvgIpc) is 2.71. The highest BCUT2D eigenvalue weighted by molar-refractivity contribution is 5.83. The quantitative estimate of drug-likeness (QED) is 0.843. The number of rotatable bonds is 3. The van der Waals surface area contributed by atoms with Gasteiger partial charge in [0.1, 0.15) is 0 Å². The lowest BCUT2D eigenvalue weighted by Crippen LogP contribution is -2.23. The van der Waals surface area contributed by atoms with E-state index in [0.29, 0.717) is 6.61 Å². The van der Waals surface area contributed by atoms with E-state index in [1.165, 1.54) is 10.9 Å². The third-order valence-corrected chi connectivity index (χ3v) is 2.89. The summed E-state index contributed by atoms with van der Waals surface area (Å²) in [7, 11) is 0. The van der Waals surface area contributed by atoms with Gasteiger partial charge < -0.3 is 9.72 Å². The number of carbonyl (C=O) groups excluding carboxylic acids is 1. The van der Waals surface area contributed by atoms with Crippen LogP contribution in [0.1, 0.15) is 26.3 Å². The number of fused-ring (bicyclic) bond motifs is 1. The van der Waals surface area contributed by atoms with Gasteiger partial charge in [-0.25, -0.2) is 0 Å². The molecule has 1 heterocycles. The van der Waals surface area contributed by atoms with Crippen LogP contribution >= 0.6 is 0 Å². The second-order valence-electron chi connectivity index (χ2n) is 5.50. The van der Waals surface area contributed by atoms with Gasteiger partial charge in [0.15, 0.2) is 0 Å². The number of carbonyl (C=O) groups is 1. The molecule has 0 aliphatic heterocycles. The Hall–Kier alpha value is -1.77. The van der Waals surface area contributed by atoms with E-state index in [2.05, 4.69) is 11.1 Å². The highest BCUT2D eigenvalue weighted by Gasteiger charge is 2.22. The Balaban J connectivity index is 1.97. The van der Waals surface area contributed by atoms with E-state index in [1.54, 1.807) is 0 Å². The van der Waals surface area contributed by atoms with Crippen molar-refractivity contribution >= 4 is 16.9 Å². The SMILES string of the molecule is CC(C)(C)C(=O)OCCc1c[nH]c2ccccc12. The maximum atomic E-state index is 11.6. The molecular formula is C15H19NO2. The Morgan fingerprint density at radius 3 is 2.72 bits per heavy atom. The molecule has 0 aliphatic carbocycles. The molecule has 1 N–H and O–H groups in total. The van der Waals surface area contributed by atoms with Gasteiger partial charge in [-0.1, -0.05) is 18.2 Å². The van der Waals surface area contributed by atoms with Crippen molar-refractivity contribution < 1.29 is 9.53 Å². The molecule has 96 valence electrons. The zero-order valence-electron chi connectivity index (χ0n) is 11.1. The molecule has 0 atom stereocenters. The third kappa shape index (κ3) is 2.73. The van der Waals surface area contributed by atoms with Crippen LogP contribution in [0.5, 0.6) is 0 Å². The predicted molar refractivity (Wildman–Crippen MR) is 72.4 cm³/mol. The highest BCUT2D eigenvalue weighted by atomic mass is 16.5. The molecule has 0 spiro atoms. The largest absolute Gasteiger partial charge is 0.465 e. The molecule has 18 heavy (non-hydrogen) atoms. The van der Waals surface area contributed by atoms with E-state index in [1.807, 2.05) is 45.2 Å². The number of aromatic amines is 1. The van der Waals surface area contributed by atoms with Gasteiger partial charge in [-0.05, 0) is 32.4 Å². The van der Waals surface area contributed by atoms with Gasteiger partial charge in [-0.3, -0.25) is 4.79 Å². The lowest BCUT2D eigenvalue weighted by molar-refractivity contribution is -0.152. The van der Waals surface area contributed by atoms with E-state index in [0.717, 1.165) is 11.9 Å². The number of benzene rings is 1. The number of para-hydroxylation sites is 1. The van der Waals surface area contributed by atoms with Crippen LogP contribution in [0.4, 0.5) is 0 Å². The fraction of sp³-hybridized carbons (Fsp3) is 0.400. The van der Waals surface area contributed by atoms with E-state index in [4.69, 9.17) is 4.74 Å². The van der Waals surface area contributed by atoms with Gasteiger partial charge >= 0.3 is 5.97 Å². The summed E-state index contributed by atoms with van der Waals surface area (Å²) in [5.74, 6) is -0.151. The Kier molecular flexibility index (Phi) is 3.41. The first-order valence-electron chi connectivity index (χ1n) is 6.21. The molecule has 0 unspecified atom stereocenters. The molecule has 0 saturated heterocycles. The minimum absolute atomic E-state index is 0.151. The Bertz CT molecular complexity index is 549. The molecule has 0 fully saturated rings. The second kappa shape index (κ2) is 4.84. The van der Waals surface area contributed by atoms with Crippen molar-refractivity contribution in [2.45, 2.75) is 27.2 Å². The Morgan fingerprint density at radius 2 is 2.00 bits per heavy atom. The fourth-order valence-electron chi connectivity index (χ4n) is 1.81. The van der Waals surface area contributed by atoms with E-state index >= 15 is 0 Å². The van der Waals surface area contributed by atoms with Gasteiger partial charge in [0.2, 0.25) is 0 Å². The third-order valence-electron chi connectivity index (χ3n) is 2.89. The summed E-state index contributed by atoms with van der Waals surface area (Å²) in [4.78, 5) is 14.8. The summed E-state index contributed by atoms with van der Waals surface area (Å²) in [5, 5.41) is 1.20. The maximum absolute atomic E-state index is 11.6. The maximum Gasteiger partial charge on any atom is 0.311 e. The summed E-state index contributed by atoms with van der Waals surface area (Å²) in [5.41, 5.74) is 1.88. The summed E-state index contributed by atoms with van der Waals surface area (Å²) >= 11 is 0. The minimum Gasteiger partial charge on any atom is -0.465 e.